The number of rotatable bonds is 5. The molecule has 2 aromatic rings. The molecule has 0 saturated heterocycles. The summed E-state index contributed by atoms with van der Waals surface area (Å²) in [7, 11) is 1.60. The highest BCUT2D eigenvalue weighted by Gasteiger charge is 2.06. The van der Waals surface area contributed by atoms with Crippen molar-refractivity contribution < 1.29 is 9.15 Å². The molecule has 2 aromatic heterocycles. The van der Waals surface area contributed by atoms with E-state index < -0.39 is 0 Å². The fourth-order valence-corrected chi connectivity index (χ4v) is 1.61. The fourth-order valence-electron chi connectivity index (χ4n) is 1.61. The molecule has 0 aliphatic rings. The van der Waals surface area contributed by atoms with Crippen LogP contribution in [0.5, 0.6) is 5.88 Å². The summed E-state index contributed by atoms with van der Waals surface area (Å²) in [6, 6.07) is 8.16. The Labute approximate surface area is 107 Å². The summed E-state index contributed by atoms with van der Waals surface area (Å²) in [5.41, 5.74) is 0.970. The maximum absolute atomic E-state index is 5.77. The van der Waals surface area contributed by atoms with E-state index in [1.807, 2.05) is 24.3 Å². The predicted octanol–water partition coefficient (Wildman–Crippen LogP) is 2.85. The number of nitrogens with zero attached hydrogens (tertiary/aromatic N) is 1. The Morgan fingerprint density at radius 3 is 2.89 bits per heavy atom. The maximum atomic E-state index is 5.77. The molecular formula is C14H18N2O2. The molecule has 18 heavy (non-hydrogen) atoms. The first-order valence-corrected chi connectivity index (χ1v) is 6.01. The zero-order valence-electron chi connectivity index (χ0n) is 10.9. The minimum atomic E-state index is 0.444. The molecule has 0 aliphatic carbocycles. The predicted molar refractivity (Wildman–Crippen MR) is 70.5 cm³/mol. The van der Waals surface area contributed by atoms with Gasteiger partial charge in [0.15, 0.2) is 0 Å². The van der Waals surface area contributed by atoms with Crippen molar-refractivity contribution in [3.8, 4) is 17.2 Å². The summed E-state index contributed by atoms with van der Waals surface area (Å²) in [5, 5.41) is 3.32. The molecule has 0 aliphatic heterocycles. The first kappa shape index (κ1) is 12.6. The maximum Gasteiger partial charge on any atom is 0.213 e. The van der Waals surface area contributed by atoms with Crippen LogP contribution in [0.3, 0.4) is 0 Å². The Bertz CT molecular complexity index is 506. The smallest absolute Gasteiger partial charge is 0.213 e. The van der Waals surface area contributed by atoms with E-state index in [1.54, 1.807) is 13.3 Å². The molecule has 0 unspecified atom stereocenters. The van der Waals surface area contributed by atoms with Crippen molar-refractivity contribution in [1.29, 1.82) is 0 Å². The van der Waals surface area contributed by atoms with Crippen molar-refractivity contribution in [3.05, 3.63) is 36.2 Å². The number of furan rings is 1. The Balaban J connectivity index is 2.13. The van der Waals surface area contributed by atoms with E-state index in [1.165, 1.54) is 0 Å². The summed E-state index contributed by atoms with van der Waals surface area (Å²) >= 11 is 0. The highest BCUT2D eigenvalue weighted by molar-refractivity contribution is 5.58. The summed E-state index contributed by atoms with van der Waals surface area (Å²) in [6.07, 6.45) is 1.71. The summed E-state index contributed by atoms with van der Waals surface area (Å²) in [6.45, 7) is 4.95. The van der Waals surface area contributed by atoms with Crippen LogP contribution in [0.4, 0.5) is 0 Å². The molecule has 0 amide bonds. The van der Waals surface area contributed by atoms with Crippen molar-refractivity contribution >= 4 is 0 Å². The lowest BCUT2D eigenvalue weighted by atomic mass is 10.2. The van der Waals surface area contributed by atoms with Crippen LogP contribution < -0.4 is 10.1 Å². The molecule has 4 heteroatoms. The molecule has 0 saturated carbocycles. The second kappa shape index (κ2) is 5.69. The first-order chi connectivity index (χ1) is 8.69. The molecule has 0 aromatic carbocycles. The Morgan fingerprint density at radius 2 is 2.17 bits per heavy atom. The van der Waals surface area contributed by atoms with Gasteiger partial charge in [-0.2, -0.15) is 0 Å². The van der Waals surface area contributed by atoms with Crippen molar-refractivity contribution in [3.63, 3.8) is 0 Å². The number of ether oxygens (including phenoxy) is 1. The molecule has 2 rings (SSSR count). The molecule has 96 valence electrons. The zero-order chi connectivity index (χ0) is 13.0. The molecule has 0 bridgehead atoms. The van der Waals surface area contributed by atoms with E-state index in [0.717, 1.165) is 23.6 Å². The average molecular weight is 246 g/mol. The third kappa shape index (κ3) is 3.11. The first-order valence-electron chi connectivity index (χ1n) is 6.01. The van der Waals surface area contributed by atoms with E-state index >= 15 is 0 Å². The van der Waals surface area contributed by atoms with Gasteiger partial charge >= 0.3 is 0 Å². The molecule has 0 atom stereocenters. The number of methoxy groups -OCH3 is 1. The van der Waals surface area contributed by atoms with Gasteiger partial charge in [-0.15, -0.1) is 0 Å². The van der Waals surface area contributed by atoms with Gasteiger partial charge in [-0.25, -0.2) is 4.98 Å². The molecule has 2 heterocycles. The van der Waals surface area contributed by atoms with Crippen LogP contribution in [0.2, 0.25) is 0 Å². The topological polar surface area (TPSA) is 47.3 Å². The standard InChI is InChI=1S/C14H18N2O2/c1-10(2)16-9-12-4-5-13(18-12)11-6-7-15-14(8-11)17-3/h4-8,10,16H,9H2,1-3H3. The van der Waals surface area contributed by atoms with E-state index in [0.29, 0.717) is 11.9 Å². The van der Waals surface area contributed by atoms with Crippen LogP contribution in [-0.4, -0.2) is 18.1 Å². The van der Waals surface area contributed by atoms with E-state index in [4.69, 9.17) is 9.15 Å². The molecule has 0 spiro atoms. The van der Waals surface area contributed by atoms with Gasteiger partial charge in [0, 0.05) is 23.9 Å². The van der Waals surface area contributed by atoms with Crippen LogP contribution in [0.1, 0.15) is 19.6 Å². The fraction of sp³-hybridized carbons (Fsp3) is 0.357. The Hall–Kier alpha value is -1.81. The third-order valence-corrected chi connectivity index (χ3v) is 2.57. The number of pyridine rings is 1. The quantitative estimate of drug-likeness (QED) is 0.881. The van der Waals surface area contributed by atoms with Gasteiger partial charge in [0.05, 0.1) is 13.7 Å². The van der Waals surface area contributed by atoms with Crippen LogP contribution in [0.25, 0.3) is 11.3 Å². The van der Waals surface area contributed by atoms with Crippen LogP contribution >= 0.6 is 0 Å². The van der Waals surface area contributed by atoms with E-state index in [9.17, 15) is 0 Å². The lowest BCUT2D eigenvalue weighted by Crippen LogP contribution is -2.21. The Kier molecular flexibility index (Phi) is 3.99. The third-order valence-electron chi connectivity index (χ3n) is 2.57. The van der Waals surface area contributed by atoms with Gasteiger partial charge in [0.2, 0.25) is 5.88 Å². The van der Waals surface area contributed by atoms with Crippen LogP contribution in [-0.2, 0) is 6.54 Å². The number of hydrogen-bond donors (Lipinski definition) is 1. The van der Waals surface area contributed by atoms with Gasteiger partial charge in [0.25, 0.3) is 0 Å². The van der Waals surface area contributed by atoms with Crippen molar-refractivity contribution in [2.45, 2.75) is 26.4 Å². The second-order valence-corrected chi connectivity index (χ2v) is 4.39. The van der Waals surface area contributed by atoms with Gasteiger partial charge in [0.1, 0.15) is 11.5 Å². The molecule has 0 fully saturated rings. The van der Waals surface area contributed by atoms with Crippen LogP contribution in [0, 0.1) is 0 Å². The van der Waals surface area contributed by atoms with E-state index in [-0.39, 0.29) is 0 Å². The highest BCUT2D eigenvalue weighted by atomic mass is 16.5. The molecule has 4 nitrogen and oxygen atoms in total. The normalized spacial score (nSPS) is 10.9. The van der Waals surface area contributed by atoms with Gasteiger partial charge < -0.3 is 14.5 Å². The number of hydrogen-bond acceptors (Lipinski definition) is 4. The van der Waals surface area contributed by atoms with E-state index in [2.05, 4.69) is 24.1 Å². The summed E-state index contributed by atoms with van der Waals surface area (Å²) in [5.74, 6) is 2.34. The molecule has 0 radical (unpaired) electrons. The average Bonchev–Trinajstić information content (AvgIpc) is 2.85. The minimum absolute atomic E-state index is 0.444. The van der Waals surface area contributed by atoms with Crippen LogP contribution in [0.15, 0.2) is 34.9 Å². The molecular weight excluding hydrogens is 228 g/mol. The lowest BCUT2D eigenvalue weighted by molar-refractivity contribution is 0.398. The van der Waals surface area contributed by atoms with Crippen molar-refractivity contribution in [2.75, 3.05) is 7.11 Å². The summed E-state index contributed by atoms with van der Waals surface area (Å²) in [4.78, 5) is 4.07. The Morgan fingerprint density at radius 1 is 1.33 bits per heavy atom. The lowest BCUT2D eigenvalue weighted by Gasteiger charge is -2.05. The van der Waals surface area contributed by atoms with Crippen molar-refractivity contribution in [1.82, 2.24) is 10.3 Å². The number of nitrogens with one attached hydrogen (secondary N) is 1. The van der Waals surface area contributed by atoms with Gasteiger partial charge in [-0.3, -0.25) is 0 Å². The minimum Gasteiger partial charge on any atom is -0.481 e. The van der Waals surface area contributed by atoms with Gasteiger partial charge in [-0.1, -0.05) is 13.8 Å². The van der Waals surface area contributed by atoms with Crippen molar-refractivity contribution in [2.24, 2.45) is 0 Å². The zero-order valence-corrected chi connectivity index (χ0v) is 10.9. The highest BCUT2D eigenvalue weighted by Crippen LogP contribution is 2.24. The second-order valence-electron chi connectivity index (χ2n) is 4.39. The SMILES string of the molecule is COc1cc(-c2ccc(CNC(C)C)o2)ccn1. The summed E-state index contributed by atoms with van der Waals surface area (Å²) < 4.78 is 10.9. The van der Waals surface area contributed by atoms with Gasteiger partial charge in [-0.05, 0) is 18.2 Å². The monoisotopic (exact) mass is 246 g/mol. The molecule has 1 N–H and O–H groups in total. The largest absolute Gasteiger partial charge is 0.481 e. The number of aromatic nitrogens is 1.